The predicted octanol–water partition coefficient (Wildman–Crippen LogP) is 0.906. The highest BCUT2D eigenvalue weighted by Crippen LogP contribution is 2.12. The van der Waals surface area contributed by atoms with Gasteiger partial charge in [-0.15, -0.1) is 0 Å². The van der Waals surface area contributed by atoms with Crippen molar-refractivity contribution < 1.29 is 0 Å². The van der Waals surface area contributed by atoms with E-state index < -0.39 is 0 Å². The van der Waals surface area contributed by atoms with Gasteiger partial charge in [0.1, 0.15) is 0 Å². The maximum absolute atomic E-state index is 5.56. The number of hydrogen-bond donors (Lipinski definition) is 1. The minimum atomic E-state index is 0.380. The van der Waals surface area contributed by atoms with Crippen LogP contribution in [-0.4, -0.2) is 6.04 Å². The van der Waals surface area contributed by atoms with E-state index in [1.54, 1.807) is 0 Å². The summed E-state index contributed by atoms with van der Waals surface area (Å²) in [5.41, 5.74) is 5.56. The van der Waals surface area contributed by atoms with Crippen molar-refractivity contribution in [2.45, 2.75) is 25.3 Å². The first-order chi connectivity index (χ1) is 3.39. The molecule has 1 fully saturated rings. The fraction of sp³-hybridized carbons (Fsp3) is 0.667. The second-order valence-corrected chi connectivity index (χ2v) is 2.00. The third-order valence-electron chi connectivity index (χ3n) is 1.31. The molecule has 1 aliphatic carbocycles. The van der Waals surface area contributed by atoms with Crippen LogP contribution in [-0.2, 0) is 0 Å². The van der Waals surface area contributed by atoms with Gasteiger partial charge in [-0.2, -0.15) is 0 Å². The molecule has 1 saturated carbocycles. The first-order valence-electron chi connectivity index (χ1n) is 2.80. The van der Waals surface area contributed by atoms with Gasteiger partial charge in [-0.1, -0.05) is 0 Å². The zero-order valence-corrected chi connectivity index (χ0v) is 4.43. The topological polar surface area (TPSA) is 26.0 Å². The Hall–Kier alpha value is -0.0400. The molecule has 0 aromatic heterocycles. The predicted molar refractivity (Wildman–Crippen MR) is 30.4 cm³/mol. The lowest BCUT2D eigenvalue weighted by atomic mass is 9.97. The average Bonchev–Trinajstić information content (AvgIpc) is 1.69. The van der Waals surface area contributed by atoms with E-state index in [4.69, 9.17) is 5.73 Å². The van der Waals surface area contributed by atoms with E-state index >= 15 is 0 Å². The summed E-state index contributed by atoms with van der Waals surface area (Å²) >= 11 is 0. The summed E-state index contributed by atoms with van der Waals surface area (Å²) in [6.45, 7) is 0. The molecule has 0 saturated heterocycles. The minimum absolute atomic E-state index is 0.380. The van der Waals surface area contributed by atoms with Crippen molar-refractivity contribution in [2.24, 2.45) is 5.73 Å². The van der Waals surface area contributed by atoms with Gasteiger partial charge in [0.05, 0.1) is 0 Å². The number of hydrogen-bond acceptors (Lipinski definition) is 1. The van der Waals surface area contributed by atoms with Gasteiger partial charge in [-0.25, -0.2) is 0 Å². The Labute approximate surface area is 44.9 Å². The van der Waals surface area contributed by atoms with Crippen LogP contribution >= 0.6 is 0 Å². The SMILES string of the molecule is NC1[CH]C[CH]CC1. The van der Waals surface area contributed by atoms with Crippen molar-refractivity contribution in [3.8, 4) is 0 Å². The molecule has 2 N–H and O–H groups in total. The Morgan fingerprint density at radius 3 is 2.71 bits per heavy atom. The van der Waals surface area contributed by atoms with Crippen LogP contribution in [0.3, 0.4) is 0 Å². The van der Waals surface area contributed by atoms with Crippen LogP contribution in [0.25, 0.3) is 0 Å². The van der Waals surface area contributed by atoms with Gasteiger partial charge in [0.25, 0.3) is 0 Å². The molecule has 0 aromatic rings. The molecular formula is C6H11N. The molecule has 40 valence electrons. The first-order valence-corrected chi connectivity index (χ1v) is 2.80. The largest absolute Gasteiger partial charge is 0.327 e. The average molecular weight is 97.2 g/mol. The molecule has 0 heterocycles. The van der Waals surface area contributed by atoms with Gasteiger partial charge < -0.3 is 5.73 Å². The number of nitrogens with two attached hydrogens (primary N) is 1. The monoisotopic (exact) mass is 97.1 g/mol. The van der Waals surface area contributed by atoms with E-state index in [1.807, 2.05) is 0 Å². The highest BCUT2D eigenvalue weighted by molar-refractivity contribution is 4.91. The highest BCUT2D eigenvalue weighted by atomic mass is 14.6. The van der Waals surface area contributed by atoms with Crippen LogP contribution in [0.15, 0.2) is 0 Å². The first kappa shape index (κ1) is 5.10. The molecule has 1 rings (SSSR count). The zero-order chi connectivity index (χ0) is 5.11. The molecule has 0 aromatic carbocycles. The Kier molecular flexibility index (Phi) is 1.69. The second kappa shape index (κ2) is 2.31. The van der Waals surface area contributed by atoms with E-state index in [0.717, 1.165) is 12.8 Å². The van der Waals surface area contributed by atoms with Crippen molar-refractivity contribution in [1.82, 2.24) is 0 Å². The van der Waals surface area contributed by atoms with Gasteiger partial charge in [0.2, 0.25) is 0 Å². The lowest BCUT2D eigenvalue weighted by Gasteiger charge is -2.15. The molecular weight excluding hydrogens is 86.1 g/mol. The standard InChI is InChI=1S/C6H11N/c7-6-4-2-1-3-5-6/h1,4,6H,2-3,5,7H2. The van der Waals surface area contributed by atoms with E-state index in [9.17, 15) is 0 Å². The lowest BCUT2D eigenvalue weighted by molar-refractivity contribution is 0.606. The molecule has 0 spiro atoms. The highest BCUT2D eigenvalue weighted by Gasteiger charge is 2.06. The molecule has 7 heavy (non-hydrogen) atoms. The molecule has 0 aliphatic heterocycles. The van der Waals surface area contributed by atoms with Crippen LogP contribution in [0.4, 0.5) is 0 Å². The van der Waals surface area contributed by atoms with E-state index in [-0.39, 0.29) is 0 Å². The summed E-state index contributed by atoms with van der Waals surface area (Å²) in [6.07, 6.45) is 7.89. The van der Waals surface area contributed by atoms with Crippen molar-refractivity contribution in [3.05, 3.63) is 12.8 Å². The smallest absolute Gasteiger partial charge is 0.00706 e. The summed E-state index contributed by atoms with van der Waals surface area (Å²) in [6, 6.07) is 0.380. The van der Waals surface area contributed by atoms with Gasteiger partial charge in [0.15, 0.2) is 0 Å². The van der Waals surface area contributed by atoms with Crippen molar-refractivity contribution >= 4 is 0 Å². The third-order valence-corrected chi connectivity index (χ3v) is 1.31. The lowest BCUT2D eigenvalue weighted by Crippen LogP contribution is -2.23. The van der Waals surface area contributed by atoms with E-state index in [0.29, 0.717) is 6.04 Å². The van der Waals surface area contributed by atoms with Crippen LogP contribution in [0.1, 0.15) is 19.3 Å². The zero-order valence-electron chi connectivity index (χ0n) is 4.43. The molecule has 2 radical (unpaired) electrons. The normalized spacial score (nSPS) is 25.3. The van der Waals surface area contributed by atoms with E-state index in [1.165, 1.54) is 6.42 Å². The quantitative estimate of drug-likeness (QED) is 0.477. The molecule has 1 aliphatic rings. The van der Waals surface area contributed by atoms with Gasteiger partial charge >= 0.3 is 0 Å². The Balaban J connectivity index is 2.12. The molecule has 1 nitrogen and oxygen atoms in total. The third kappa shape index (κ3) is 1.48. The Bertz CT molecular complexity index is 46.1. The fourth-order valence-corrected chi connectivity index (χ4v) is 0.817. The van der Waals surface area contributed by atoms with Gasteiger partial charge in [-0.05, 0) is 32.1 Å². The van der Waals surface area contributed by atoms with Crippen LogP contribution in [0.2, 0.25) is 0 Å². The maximum atomic E-state index is 5.56. The van der Waals surface area contributed by atoms with Crippen LogP contribution in [0.5, 0.6) is 0 Å². The van der Waals surface area contributed by atoms with Crippen LogP contribution < -0.4 is 5.73 Å². The fourth-order valence-electron chi connectivity index (χ4n) is 0.817. The van der Waals surface area contributed by atoms with Gasteiger partial charge in [-0.3, -0.25) is 0 Å². The van der Waals surface area contributed by atoms with Crippen molar-refractivity contribution in [3.63, 3.8) is 0 Å². The molecule has 0 amide bonds. The summed E-state index contributed by atoms with van der Waals surface area (Å²) < 4.78 is 0. The van der Waals surface area contributed by atoms with Crippen molar-refractivity contribution in [2.75, 3.05) is 0 Å². The van der Waals surface area contributed by atoms with E-state index in [2.05, 4.69) is 12.8 Å². The molecule has 1 atom stereocenters. The van der Waals surface area contributed by atoms with Crippen LogP contribution in [0, 0.1) is 12.8 Å². The summed E-state index contributed by atoms with van der Waals surface area (Å²) in [5, 5.41) is 0. The maximum Gasteiger partial charge on any atom is 0.00706 e. The summed E-state index contributed by atoms with van der Waals surface area (Å²) in [5.74, 6) is 0. The molecule has 1 unspecified atom stereocenters. The minimum Gasteiger partial charge on any atom is -0.327 e. The Morgan fingerprint density at radius 1 is 1.57 bits per heavy atom. The summed E-state index contributed by atoms with van der Waals surface area (Å²) in [4.78, 5) is 0. The van der Waals surface area contributed by atoms with Gasteiger partial charge in [0, 0.05) is 6.04 Å². The van der Waals surface area contributed by atoms with Crippen molar-refractivity contribution in [1.29, 1.82) is 0 Å². The molecule has 0 bridgehead atoms. The number of rotatable bonds is 0. The summed E-state index contributed by atoms with van der Waals surface area (Å²) in [7, 11) is 0. The molecule has 1 heteroatoms. The second-order valence-electron chi connectivity index (χ2n) is 2.00. The Morgan fingerprint density at radius 2 is 2.43 bits per heavy atom.